The van der Waals surface area contributed by atoms with Gasteiger partial charge in [-0.15, -0.1) is 0 Å². The molecule has 2 rings (SSSR count). The molecule has 0 fully saturated rings. The number of anilines is 2. The number of benzene rings is 1. The second kappa shape index (κ2) is 2.90. The largest absolute Gasteiger partial charge is 0.399 e. The Bertz CT molecular complexity index is 299. The summed E-state index contributed by atoms with van der Waals surface area (Å²) in [6, 6.07) is 6.15. The number of rotatable bonds is 1. The molecule has 1 aliphatic heterocycles. The predicted octanol–water partition coefficient (Wildman–Crippen LogP) is 1.91. The van der Waals surface area contributed by atoms with Crippen LogP contribution in [-0.4, -0.2) is 12.8 Å². The lowest BCUT2D eigenvalue weighted by atomic mass is 10.1. The van der Waals surface area contributed by atoms with Crippen LogP contribution in [-0.2, 0) is 6.42 Å². The van der Waals surface area contributed by atoms with Crippen LogP contribution in [0.1, 0.15) is 5.56 Å². The first-order valence-electron chi connectivity index (χ1n) is 4.01. The summed E-state index contributed by atoms with van der Waals surface area (Å²) in [4.78, 5) is 0. The van der Waals surface area contributed by atoms with Gasteiger partial charge in [0, 0.05) is 18.5 Å². The van der Waals surface area contributed by atoms with Crippen molar-refractivity contribution in [2.75, 3.05) is 22.8 Å². The van der Waals surface area contributed by atoms with Crippen LogP contribution in [0, 0.1) is 0 Å². The molecule has 1 aromatic rings. The minimum absolute atomic E-state index is 0.872. The van der Waals surface area contributed by atoms with E-state index in [2.05, 4.69) is 22.7 Å². The van der Waals surface area contributed by atoms with Crippen LogP contribution < -0.4 is 10.0 Å². The van der Waals surface area contributed by atoms with Crippen LogP contribution in [0.5, 0.6) is 0 Å². The van der Waals surface area contributed by atoms with Crippen molar-refractivity contribution in [2.45, 2.75) is 6.42 Å². The summed E-state index contributed by atoms with van der Waals surface area (Å²) in [7, 11) is 0. The maximum absolute atomic E-state index is 5.69. The van der Waals surface area contributed by atoms with Crippen molar-refractivity contribution in [2.24, 2.45) is 0 Å². The second-order valence-corrected chi connectivity index (χ2v) is 3.73. The summed E-state index contributed by atoms with van der Waals surface area (Å²) >= 11 is 1.77. The Labute approximate surface area is 76.9 Å². The van der Waals surface area contributed by atoms with Crippen LogP contribution in [0.15, 0.2) is 18.2 Å². The zero-order valence-electron chi connectivity index (χ0n) is 7.08. The first-order valence-corrected chi connectivity index (χ1v) is 5.19. The lowest BCUT2D eigenvalue weighted by Crippen LogP contribution is -2.08. The molecule has 0 saturated heterocycles. The molecule has 12 heavy (non-hydrogen) atoms. The Balaban J connectivity index is 2.40. The van der Waals surface area contributed by atoms with Crippen LogP contribution in [0.4, 0.5) is 11.4 Å². The van der Waals surface area contributed by atoms with Crippen molar-refractivity contribution in [1.82, 2.24) is 0 Å². The Morgan fingerprint density at radius 2 is 2.33 bits per heavy atom. The SMILES string of the molecule is CSN1CCc2cc(N)ccc21. The summed E-state index contributed by atoms with van der Waals surface area (Å²) in [5, 5.41) is 0. The molecule has 3 heteroatoms. The fourth-order valence-electron chi connectivity index (χ4n) is 1.58. The molecule has 0 radical (unpaired) electrons. The Hall–Kier alpha value is -0.830. The van der Waals surface area contributed by atoms with Gasteiger partial charge >= 0.3 is 0 Å². The highest BCUT2D eigenvalue weighted by Gasteiger charge is 2.17. The lowest BCUT2D eigenvalue weighted by molar-refractivity contribution is 1.06. The van der Waals surface area contributed by atoms with E-state index in [4.69, 9.17) is 5.73 Å². The summed E-state index contributed by atoms with van der Waals surface area (Å²) in [5.74, 6) is 0. The van der Waals surface area contributed by atoms with Gasteiger partial charge in [0.05, 0.1) is 5.69 Å². The first-order chi connectivity index (χ1) is 5.81. The number of nitrogens with zero attached hydrogens (tertiary/aromatic N) is 1. The van der Waals surface area contributed by atoms with E-state index < -0.39 is 0 Å². The van der Waals surface area contributed by atoms with Gasteiger partial charge in [0.15, 0.2) is 0 Å². The summed E-state index contributed by atoms with van der Waals surface area (Å²) < 4.78 is 2.30. The van der Waals surface area contributed by atoms with E-state index in [9.17, 15) is 0 Å². The minimum atomic E-state index is 0.872. The molecule has 1 aliphatic rings. The molecule has 0 aliphatic carbocycles. The molecule has 1 heterocycles. The molecule has 2 N–H and O–H groups in total. The average molecular weight is 180 g/mol. The van der Waals surface area contributed by atoms with Crippen LogP contribution in [0.3, 0.4) is 0 Å². The number of hydrogen-bond donors (Lipinski definition) is 1. The molecule has 0 atom stereocenters. The van der Waals surface area contributed by atoms with Gasteiger partial charge in [0.25, 0.3) is 0 Å². The number of hydrogen-bond acceptors (Lipinski definition) is 3. The van der Waals surface area contributed by atoms with Crippen LogP contribution in [0.25, 0.3) is 0 Å². The van der Waals surface area contributed by atoms with E-state index in [1.807, 2.05) is 6.07 Å². The molecular formula is C9H12N2S. The van der Waals surface area contributed by atoms with E-state index in [0.717, 1.165) is 18.7 Å². The van der Waals surface area contributed by atoms with E-state index in [1.54, 1.807) is 11.9 Å². The molecule has 0 aromatic heterocycles. The quantitative estimate of drug-likeness (QED) is 0.529. The van der Waals surface area contributed by atoms with Crippen molar-refractivity contribution >= 4 is 23.3 Å². The Morgan fingerprint density at radius 3 is 3.08 bits per heavy atom. The smallest absolute Gasteiger partial charge is 0.0504 e. The van der Waals surface area contributed by atoms with Gasteiger partial charge in [-0.25, -0.2) is 0 Å². The summed E-state index contributed by atoms with van der Waals surface area (Å²) in [6.07, 6.45) is 3.23. The minimum Gasteiger partial charge on any atom is -0.399 e. The fourth-order valence-corrected chi connectivity index (χ4v) is 2.23. The molecule has 0 spiro atoms. The maximum Gasteiger partial charge on any atom is 0.0504 e. The highest BCUT2D eigenvalue weighted by molar-refractivity contribution is 8.00. The van der Waals surface area contributed by atoms with Crippen molar-refractivity contribution < 1.29 is 0 Å². The van der Waals surface area contributed by atoms with Gasteiger partial charge in [-0.1, -0.05) is 11.9 Å². The molecule has 64 valence electrons. The van der Waals surface area contributed by atoms with E-state index in [0.29, 0.717) is 0 Å². The fraction of sp³-hybridized carbons (Fsp3) is 0.333. The van der Waals surface area contributed by atoms with Crippen molar-refractivity contribution in [3.05, 3.63) is 23.8 Å². The molecular weight excluding hydrogens is 168 g/mol. The lowest BCUT2D eigenvalue weighted by Gasteiger charge is -2.14. The van der Waals surface area contributed by atoms with E-state index in [-0.39, 0.29) is 0 Å². The van der Waals surface area contributed by atoms with Gasteiger partial charge in [-0.3, -0.25) is 0 Å². The standard InChI is InChI=1S/C9H12N2S/c1-12-11-5-4-7-6-8(10)2-3-9(7)11/h2-3,6H,4-5,10H2,1H3. The molecule has 0 saturated carbocycles. The third-order valence-electron chi connectivity index (χ3n) is 2.18. The Kier molecular flexibility index (Phi) is 1.89. The average Bonchev–Trinajstić information content (AvgIpc) is 2.46. The molecule has 0 amide bonds. The molecule has 1 aromatic carbocycles. The summed E-state index contributed by atoms with van der Waals surface area (Å²) in [6.45, 7) is 1.11. The topological polar surface area (TPSA) is 29.3 Å². The van der Waals surface area contributed by atoms with Crippen molar-refractivity contribution in [3.63, 3.8) is 0 Å². The number of nitrogens with two attached hydrogens (primary N) is 1. The number of nitrogen functional groups attached to an aromatic ring is 1. The third kappa shape index (κ3) is 1.14. The van der Waals surface area contributed by atoms with E-state index in [1.165, 1.54) is 11.3 Å². The molecule has 2 nitrogen and oxygen atoms in total. The van der Waals surface area contributed by atoms with Crippen molar-refractivity contribution in [3.8, 4) is 0 Å². The molecule has 0 bridgehead atoms. The predicted molar refractivity (Wildman–Crippen MR) is 55.4 cm³/mol. The zero-order valence-corrected chi connectivity index (χ0v) is 7.90. The highest BCUT2D eigenvalue weighted by atomic mass is 32.2. The van der Waals surface area contributed by atoms with Gasteiger partial charge in [0.2, 0.25) is 0 Å². The highest BCUT2D eigenvalue weighted by Crippen LogP contribution is 2.32. The zero-order chi connectivity index (χ0) is 8.55. The van der Waals surface area contributed by atoms with E-state index >= 15 is 0 Å². The monoisotopic (exact) mass is 180 g/mol. The molecule has 0 unspecified atom stereocenters. The summed E-state index contributed by atoms with van der Waals surface area (Å²) in [5.41, 5.74) is 9.27. The van der Waals surface area contributed by atoms with Crippen molar-refractivity contribution in [1.29, 1.82) is 0 Å². The van der Waals surface area contributed by atoms with Gasteiger partial charge in [-0.05, 0) is 30.2 Å². The van der Waals surface area contributed by atoms with Gasteiger partial charge in [-0.2, -0.15) is 0 Å². The first kappa shape index (κ1) is 7.80. The normalized spacial score (nSPS) is 14.9. The van der Waals surface area contributed by atoms with Gasteiger partial charge < -0.3 is 10.0 Å². The van der Waals surface area contributed by atoms with Crippen LogP contribution in [0.2, 0.25) is 0 Å². The second-order valence-electron chi connectivity index (χ2n) is 2.92. The van der Waals surface area contributed by atoms with Gasteiger partial charge in [0.1, 0.15) is 0 Å². The maximum atomic E-state index is 5.69. The Morgan fingerprint density at radius 1 is 1.50 bits per heavy atom. The number of fused-ring (bicyclic) bond motifs is 1. The third-order valence-corrected chi connectivity index (χ3v) is 3.00. The van der Waals surface area contributed by atoms with Crippen LogP contribution >= 0.6 is 11.9 Å².